The summed E-state index contributed by atoms with van der Waals surface area (Å²) >= 11 is 6.25. The van der Waals surface area contributed by atoms with Gasteiger partial charge in [0.2, 0.25) is 10.0 Å². The van der Waals surface area contributed by atoms with Crippen LogP contribution in [0.1, 0.15) is 36.0 Å². The molecule has 1 saturated heterocycles. The number of nitrogens with one attached hydrogen (secondary N) is 1. The molecule has 180 valence electrons. The van der Waals surface area contributed by atoms with Crippen LogP contribution in [0.5, 0.6) is 11.5 Å². The Bertz CT molecular complexity index is 1070. The first-order valence-electron chi connectivity index (χ1n) is 10.8. The van der Waals surface area contributed by atoms with Crippen LogP contribution in [0.3, 0.4) is 0 Å². The summed E-state index contributed by atoms with van der Waals surface area (Å²) < 4.78 is 43.9. The van der Waals surface area contributed by atoms with E-state index in [2.05, 4.69) is 5.32 Å². The molecule has 0 aliphatic carbocycles. The SMILES string of the molecule is COCCOc1c(Cl)cccc1NC(=O)c1cc(S(=O)(=O)N2CCCCCC2)ccc1OC. The maximum Gasteiger partial charge on any atom is 0.259 e. The van der Waals surface area contributed by atoms with Crippen molar-refractivity contribution in [3.63, 3.8) is 0 Å². The Morgan fingerprint density at radius 2 is 1.79 bits per heavy atom. The molecule has 0 radical (unpaired) electrons. The lowest BCUT2D eigenvalue weighted by Gasteiger charge is -2.21. The van der Waals surface area contributed by atoms with Crippen LogP contribution >= 0.6 is 11.6 Å². The smallest absolute Gasteiger partial charge is 0.259 e. The van der Waals surface area contributed by atoms with Crippen molar-refractivity contribution in [3.05, 3.63) is 47.0 Å². The molecule has 0 spiro atoms. The van der Waals surface area contributed by atoms with E-state index in [-0.39, 0.29) is 22.8 Å². The van der Waals surface area contributed by atoms with Gasteiger partial charge in [-0.05, 0) is 43.2 Å². The second kappa shape index (κ2) is 11.7. The third-order valence-electron chi connectivity index (χ3n) is 5.37. The number of halogens is 1. The van der Waals surface area contributed by atoms with E-state index in [9.17, 15) is 13.2 Å². The molecule has 1 heterocycles. The summed E-state index contributed by atoms with van der Waals surface area (Å²) in [5.41, 5.74) is 0.447. The molecule has 0 aromatic heterocycles. The molecule has 1 aliphatic heterocycles. The highest BCUT2D eigenvalue weighted by Gasteiger charge is 2.27. The van der Waals surface area contributed by atoms with Crippen LogP contribution in [-0.4, -0.2) is 59.2 Å². The van der Waals surface area contributed by atoms with Gasteiger partial charge < -0.3 is 19.5 Å². The highest BCUT2D eigenvalue weighted by molar-refractivity contribution is 7.89. The molecule has 1 amide bonds. The van der Waals surface area contributed by atoms with Crippen molar-refractivity contribution in [2.75, 3.05) is 45.8 Å². The average molecular weight is 497 g/mol. The lowest BCUT2D eigenvalue weighted by molar-refractivity contribution is 0.102. The molecule has 0 unspecified atom stereocenters. The molecule has 0 atom stereocenters. The van der Waals surface area contributed by atoms with Crippen LogP contribution < -0.4 is 14.8 Å². The van der Waals surface area contributed by atoms with Crippen molar-refractivity contribution in [2.45, 2.75) is 30.6 Å². The monoisotopic (exact) mass is 496 g/mol. The lowest BCUT2D eigenvalue weighted by atomic mass is 10.1. The number of anilines is 1. The number of para-hydroxylation sites is 1. The molecule has 0 bridgehead atoms. The van der Waals surface area contributed by atoms with Crippen LogP contribution in [-0.2, 0) is 14.8 Å². The summed E-state index contributed by atoms with van der Waals surface area (Å²) in [6, 6.07) is 9.29. The highest BCUT2D eigenvalue weighted by Crippen LogP contribution is 2.34. The minimum absolute atomic E-state index is 0.0537. The largest absolute Gasteiger partial charge is 0.496 e. The summed E-state index contributed by atoms with van der Waals surface area (Å²) in [7, 11) is -0.753. The van der Waals surface area contributed by atoms with Gasteiger partial charge in [-0.2, -0.15) is 4.31 Å². The molecule has 1 fully saturated rings. The minimum Gasteiger partial charge on any atom is -0.496 e. The predicted molar refractivity (Wildman–Crippen MR) is 127 cm³/mol. The van der Waals surface area contributed by atoms with Crippen LogP contribution in [0.2, 0.25) is 5.02 Å². The van der Waals surface area contributed by atoms with Gasteiger partial charge in [0.05, 0.1) is 34.9 Å². The van der Waals surface area contributed by atoms with E-state index >= 15 is 0 Å². The quantitative estimate of drug-likeness (QED) is 0.523. The second-order valence-electron chi connectivity index (χ2n) is 7.59. The first-order chi connectivity index (χ1) is 15.9. The number of amides is 1. The number of benzene rings is 2. The number of hydrogen-bond donors (Lipinski definition) is 1. The fraction of sp³-hybridized carbons (Fsp3) is 0.435. The van der Waals surface area contributed by atoms with Crippen molar-refractivity contribution in [1.29, 1.82) is 0 Å². The van der Waals surface area contributed by atoms with E-state index in [4.69, 9.17) is 25.8 Å². The number of carbonyl (C=O) groups excluding carboxylic acids is 1. The molecular weight excluding hydrogens is 468 g/mol. The van der Waals surface area contributed by atoms with Crippen molar-refractivity contribution in [2.24, 2.45) is 0 Å². The van der Waals surface area contributed by atoms with Gasteiger partial charge in [0.15, 0.2) is 5.75 Å². The summed E-state index contributed by atoms with van der Waals surface area (Å²) in [6.07, 6.45) is 3.67. The Labute approximate surface area is 199 Å². The van der Waals surface area contributed by atoms with Crippen LogP contribution in [0.25, 0.3) is 0 Å². The number of methoxy groups -OCH3 is 2. The van der Waals surface area contributed by atoms with Gasteiger partial charge in [-0.3, -0.25) is 4.79 Å². The fourth-order valence-corrected chi connectivity index (χ4v) is 5.40. The van der Waals surface area contributed by atoms with Crippen LogP contribution in [0.15, 0.2) is 41.3 Å². The summed E-state index contributed by atoms with van der Waals surface area (Å²) in [5, 5.41) is 3.09. The van der Waals surface area contributed by atoms with Gasteiger partial charge >= 0.3 is 0 Å². The molecule has 0 saturated carbocycles. The Hall–Kier alpha value is -2.33. The first kappa shape index (κ1) is 25.3. The van der Waals surface area contributed by atoms with Gasteiger partial charge in [0, 0.05) is 20.2 Å². The number of carbonyl (C=O) groups is 1. The normalized spacial score (nSPS) is 15.0. The van der Waals surface area contributed by atoms with Gasteiger partial charge in [0.1, 0.15) is 12.4 Å². The lowest BCUT2D eigenvalue weighted by Crippen LogP contribution is -2.32. The molecule has 33 heavy (non-hydrogen) atoms. The van der Waals surface area contributed by atoms with Crippen molar-refractivity contribution in [1.82, 2.24) is 4.31 Å². The van der Waals surface area contributed by atoms with E-state index in [0.29, 0.717) is 36.2 Å². The Morgan fingerprint density at radius 3 is 2.45 bits per heavy atom. The average Bonchev–Trinajstić information content (AvgIpc) is 3.10. The number of ether oxygens (including phenoxy) is 3. The molecule has 10 heteroatoms. The van der Waals surface area contributed by atoms with Gasteiger partial charge in [-0.1, -0.05) is 30.5 Å². The summed E-state index contributed by atoms with van der Waals surface area (Å²) in [6.45, 7) is 1.54. The zero-order chi connectivity index (χ0) is 23.8. The summed E-state index contributed by atoms with van der Waals surface area (Å²) in [4.78, 5) is 13.2. The number of hydrogen-bond acceptors (Lipinski definition) is 6. The predicted octanol–water partition coefficient (Wildman–Crippen LogP) is 4.19. The number of rotatable bonds is 9. The fourth-order valence-electron chi connectivity index (χ4n) is 3.63. The van der Waals surface area contributed by atoms with E-state index < -0.39 is 15.9 Å². The Kier molecular flexibility index (Phi) is 8.96. The molecule has 1 aliphatic rings. The zero-order valence-corrected chi connectivity index (χ0v) is 20.4. The topological polar surface area (TPSA) is 94.2 Å². The second-order valence-corrected chi connectivity index (χ2v) is 9.94. The molecule has 2 aromatic rings. The molecule has 1 N–H and O–H groups in total. The standard InChI is InChI=1S/C23H29ClN2O6S/c1-30-14-15-32-22-19(24)8-7-9-20(22)25-23(27)18-16-17(10-11-21(18)31-2)33(28,29)26-12-5-3-4-6-13-26/h7-11,16H,3-6,12-15H2,1-2H3,(H,25,27). The molecule has 3 rings (SSSR count). The Morgan fingerprint density at radius 1 is 1.06 bits per heavy atom. The molecule has 8 nitrogen and oxygen atoms in total. The third kappa shape index (κ3) is 6.17. The van der Waals surface area contributed by atoms with E-state index in [1.807, 2.05) is 0 Å². The van der Waals surface area contributed by atoms with E-state index in [0.717, 1.165) is 25.7 Å². The zero-order valence-electron chi connectivity index (χ0n) is 18.8. The van der Waals surface area contributed by atoms with Crippen LogP contribution in [0, 0.1) is 0 Å². The first-order valence-corrected chi connectivity index (χ1v) is 12.6. The van der Waals surface area contributed by atoms with Crippen molar-refractivity contribution in [3.8, 4) is 11.5 Å². The van der Waals surface area contributed by atoms with Gasteiger partial charge in [-0.15, -0.1) is 0 Å². The van der Waals surface area contributed by atoms with E-state index in [1.165, 1.54) is 29.6 Å². The third-order valence-corrected chi connectivity index (χ3v) is 7.56. The summed E-state index contributed by atoms with van der Waals surface area (Å²) in [5.74, 6) is 0.0155. The minimum atomic E-state index is -3.73. The van der Waals surface area contributed by atoms with Gasteiger partial charge in [-0.25, -0.2) is 8.42 Å². The van der Waals surface area contributed by atoms with Crippen molar-refractivity contribution >= 4 is 33.2 Å². The van der Waals surface area contributed by atoms with Gasteiger partial charge in [0.25, 0.3) is 5.91 Å². The van der Waals surface area contributed by atoms with Crippen LogP contribution in [0.4, 0.5) is 5.69 Å². The van der Waals surface area contributed by atoms with Crippen molar-refractivity contribution < 1.29 is 27.4 Å². The highest BCUT2D eigenvalue weighted by atomic mass is 35.5. The number of sulfonamides is 1. The maximum absolute atomic E-state index is 13.2. The Balaban J connectivity index is 1.90. The van der Waals surface area contributed by atoms with E-state index in [1.54, 1.807) is 25.3 Å². The molecular formula is C23H29ClN2O6S. The number of nitrogens with zero attached hydrogens (tertiary/aromatic N) is 1. The molecule has 2 aromatic carbocycles. The maximum atomic E-state index is 13.2.